The number of nitrogens with two attached hydrogens (primary N) is 1. The Kier molecular flexibility index (Phi) is 5.35. The van der Waals surface area contributed by atoms with Gasteiger partial charge in [-0.3, -0.25) is 0 Å². The van der Waals surface area contributed by atoms with Crippen LogP contribution < -0.4 is 11.1 Å². The Morgan fingerprint density at radius 2 is 2.31 bits per heavy atom. The number of primary amides is 1. The van der Waals surface area contributed by atoms with Gasteiger partial charge in [-0.25, -0.2) is 14.8 Å². The lowest BCUT2D eigenvalue weighted by Crippen LogP contribution is -2.14. The van der Waals surface area contributed by atoms with Crippen molar-refractivity contribution in [1.29, 1.82) is 0 Å². The van der Waals surface area contributed by atoms with Gasteiger partial charge in [0.2, 0.25) is 0 Å². The van der Waals surface area contributed by atoms with Crippen molar-refractivity contribution in [2.24, 2.45) is 5.73 Å². The number of carbonyl (C=O) groups is 1. The Balaban J connectivity index is 2.09. The highest BCUT2D eigenvalue weighted by atomic mass is 35.5. The molecule has 0 unspecified atom stereocenters. The Hall–Kier alpha value is -1.56. The zero-order valence-corrected chi connectivity index (χ0v) is 9.41. The lowest BCUT2D eigenvalue weighted by Gasteiger charge is -2.05. The predicted octanol–water partition coefficient (Wildman–Crippen LogP) is 1.42. The van der Waals surface area contributed by atoms with E-state index in [0.717, 1.165) is 19.4 Å². The minimum atomic E-state index is -0.740. The second-order valence-corrected chi connectivity index (χ2v) is 3.41. The van der Waals surface area contributed by atoms with E-state index >= 15 is 0 Å². The molecule has 0 saturated heterocycles. The molecule has 0 fully saturated rings. The number of carbonyl (C=O) groups excluding carboxylic acids is 1. The van der Waals surface area contributed by atoms with Crippen molar-refractivity contribution in [3.63, 3.8) is 0 Å². The first-order chi connectivity index (χ1) is 7.68. The number of anilines is 1. The summed E-state index contributed by atoms with van der Waals surface area (Å²) in [5, 5.41) is 3.46. The number of ether oxygens (including phenoxy) is 1. The van der Waals surface area contributed by atoms with Crippen LogP contribution in [0.2, 0.25) is 5.15 Å². The maximum absolute atomic E-state index is 10.2. The number of nitrogens with zero attached hydrogens (tertiary/aromatic N) is 2. The summed E-state index contributed by atoms with van der Waals surface area (Å²) in [5.74, 6) is 0.677. The van der Waals surface area contributed by atoms with Crippen LogP contribution in [-0.4, -0.2) is 29.2 Å². The molecule has 88 valence electrons. The van der Waals surface area contributed by atoms with Crippen molar-refractivity contribution in [3.8, 4) is 0 Å². The Morgan fingerprint density at radius 1 is 1.50 bits per heavy atom. The van der Waals surface area contributed by atoms with Crippen molar-refractivity contribution in [2.75, 3.05) is 18.5 Å². The van der Waals surface area contributed by atoms with Gasteiger partial charge < -0.3 is 15.8 Å². The smallest absolute Gasteiger partial charge is 0.404 e. The Bertz CT molecular complexity index is 348. The summed E-state index contributed by atoms with van der Waals surface area (Å²) in [4.78, 5) is 18.0. The second-order valence-electron chi connectivity index (χ2n) is 3.03. The first-order valence-corrected chi connectivity index (χ1v) is 5.20. The van der Waals surface area contributed by atoms with Gasteiger partial charge >= 0.3 is 6.09 Å². The zero-order valence-electron chi connectivity index (χ0n) is 8.65. The van der Waals surface area contributed by atoms with Gasteiger partial charge in [0.25, 0.3) is 0 Å². The first-order valence-electron chi connectivity index (χ1n) is 4.82. The molecule has 0 spiro atoms. The van der Waals surface area contributed by atoms with Crippen LogP contribution >= 0.6 is 11.6 Å². The quantitative estimate of drug-likeness (QED) is 0.583. The van der Waals surface area contributed by atoms with E-state index in [1.165, 1.54) is 6.33 Å². The van der Waals surface area contributed by atoms with Gasteiger partial charge in [0, 0.05) is 12.6 Å². The fourth-order valence-corrected chi connectivity index (χ4v) is 1.19. The second kappa shape index (κ2) is 6.84. The third kappa shape index (κ3) is 5.35. The van der Waals surface area contributed by atoms with Crippen LogP contribution in [0.3, 0.4) is 0 Å². The van der Waals surface area contributed by atoms with Crippen LogP contribution in [0, 0.1) is 0 Å². The number of hydrogen-bond donors (Lipinski definition) is 2. The van der Waals surface area contributed by atoms with E-state index < -0.39 is 6.09 Å². The van der Waals surface area contributed by atoms with E-state index in [1.807, 2.05) is 0 Å². The van der Waals surface area contributed by atoms with E-state index in [1.54, 1.807) is 6.07 Å². The molecule has 0 aliphatic carbocycles. The largest absolute Gasteiger partial charge is 0.450 e. The van der Waals surface area contributed by atoms with Gasteiger partial charge in [0.15, 0.2) is 0 Å². The Labute approximate surface area is 98.2 Å². The molecule has 1 aromatic rings. The van der Waals surface area contributed by atoms with Crippen LogP contribution in [0.4, 0.5) is 10.6 Å². The van der Waals surface area contributed by atoms with Crippen LogP contribution in [-0.2, 0) is 4.74 Å². The molecule has 7 heteroatoms. The Morgan fingerprint density at radius 3 is 3.00 bits per heavy atom. The van der Waals surface area contributed by atoms with E-state index in [4.69, 9.17) is 17.3 Å². The minimum absolute atomic E-state index is 0.335. The molecule has 3 N–H and O–H groups in total. The molecule has 6 nitrogen and oxygen atoms in total. The highest BCUT2D eigenvalue weighted by Crippen LogP contribution is 2.08. The molecule has 0 aromatic carbocycles. The topological polar surface area (TPSA) is 90.1 Å². The van der Waals surface area contributed by atoms with E-state index in [9.17, 15) is 4.79 Å². The maximum Gasteiger partial charge on any atom is 0.404 e. The maximum atomic E-state index is 10.2. The van der Waals surface area contributed by atoms with Crippen LogP contribution in [0.5, 0.6) is 0 Å². The molecule has 1 aromatic heterocycles. The monoisotopic (exact) mass is 244 g/mol. The molecule has 1 rings (SSSR count). The summed E-state index contributed by atoms with van der Waals surface area (Å²) >= 11 is 5.68. The third-order valence-electron chi connectivity index (χ3n) is 1.76. The van der Waals surface area contributed by atoms with Gasteiger partial charge in [-0.15, -0.1) is 0 Å². The SMILES string of the molecule is NC(=O)OCCCCNc1cc(Cl)ncn1. The highest BCUT2D eigenvalue weighted by molar-refractivity contribution is 6.29. The van der Waals surface area contributed by atoms with Gasteiger partial charge in [-0.1, -0.05) is 11.6 Å². The summed E-state index contributed by atoms with van der Waals surface area (Å²) in [6.07, 6.45) is 2.24. The number of nitrogens with one attached hydrogen (secondary N) is 1. The summed E-state index contributed by atoms with van der Waals surface area (Å²) < 4.78 is 4.58. The number of unbranched alkanes of at least 4 members (excludes halogenated alkanes) is 1. The summed E-state index contributed by atoms with van der Waals surface area (Å²) in [7, 11) is 0. The molecule has 1 amide bonds. The van der Waals surface area contributed by atoms with Crippen molar-refractivity contribution >= 4 is 23.5 Å². The first kappa shape index (κ1) is 12.5. The molecule has 0 radical (unpaired) electrons. The number of rotatable bonds is 6. The standard InChI is InChI=1S/C9H13ClN4O2/c10-7-5-8(14-6-13-7)12-3-1-2-4-16-9(11)15/h5-6H,1-4H2,(H2,11,15)(H,12,13,14). The van der Waals surface area contributed by atoms with Crippen LogP contribution in [0.1, 0.15) is 12.8 Å². The van der Waals surface area contributed by atoms with Gasteiger partial charge in [-0.05, 0) is 12.8 Å². The van der Waals surface area contributed by atoms with Crippen molar-refractivity contribution in [1.82, 2.24) is 9.97 Å². The molecule has 0 bridgehead atoms. The number of hydrogen-bond acceptors (Lipinski definition) is 5. The van der Waals surface area contributed by atoms with Crippen molar-refractivity contribution in [2.45, 2.75) is 12.8 Å². The normalized spacial score (nSPS) is 9.81. The van der Waals surface area contributed by atoms with Crippen molar-refractivity contribution < 1.29 is 9.53 Å². The predicted molar refractivity (Wildman–Crippen MR) is 60.3 cm³/mol. The fourth-order valence-electron chi connectivity index (χ4n) is 1.05. The molecular weight excluding hydrogens is 232 g/mol. The van der Waals surface area contributed by atoms with Gasteiger partial charge in [0.1, 0.15) is 17.3 Å². The molecule has 1 heterocycles. The zero-order chi connectivity index (χ0) is 11.8. The molecule has 0 atom stereocenters. The van der Waals surface area contributed by atoms with E-state index in [2.05, 4.69) is 20.0 Å². The summed E-state index contributed by atoms with van der Waals surface area (Å²) in [6, 6.07) is 1.64. The van der Waals surface area contributed by atoms with E-state index in [-0.39, 0.29) is 0 Å². The summed E-state index contributed by atoms with van der Waals surface area (Å²) in [5.41, 5.74) is 4.81. The van der Waals surface area contributed by atoms with Gasteiger partial charge in [-0.2, -0.15) is 0 Å². The third-order valence-corrected chi connectivity index (χ3v) is 1.96. The molecule has 0 saturated carbocycles. The fraction of sp³-hybridized carbons (Fsp3) is 0.444. The van der Waals surface area contributed by atoms with Crippen LogP contribution in [0.15, 0.2) is 12.4 Å². The molecular formula is C9H13ClN4O2. The van der Waals surface area contributed by atoms with Crippen LogP contribution in [0.25, 0.3) is 0 Å². The highest BCUT2D eigenvalue weighted by Gasteiger charge is 1.96. The van der Waals surface area contributed by atoms with Crippen molar-refractivity contribution in [3.05, 3.63) is 17.5 Å². The summed E-state index contributed by atoms with van der Waals surface area (Å²) in [6.45, 7) is 1.05. The average molecular weight is 245 g/mol. The average Bonchev–Trinajstić information content (AvgIpc) is 2.23. The number of halogens is 1. The lowest BCUT2D eigenvalue weighted by atomic mass is 10.3. The molecule has 0 aliphatic rings. The molecule has 16 heavy (non-hydrogen) atoms. The van der Waals surface area contributed by atoms with E-state index in [0.29, 0.717) is 17.6 Å². The minimum Gasteiger partial charge on any atom is -0.450 e. The number of aromatic nitrogens is 2. The van der Waals surface area contributed by atoms with Gasteiger partial charge in [0.05, 0.1) is 6.61 Å². The molecule has 0 aliphatic heterocycles. The number of amides is 1. The lowest BCUT2D eigenvalue weighted by molar-refractivity contribution is 0.155.